The van der Waals surface area contributed by atoms with Gasteiger partial charge in [-0.05, 0) is 37.1 Å². The van der Waals surface area contributed by atoms with Crippen molar-refractivity contribution in [3.05, 3.63) is 70.9 Å². The zero-order chi connectivity index (χ0) is 33.2. The summed E-state index contributed by atoms with van der Waals surface area (Å²) in [6.07, 6.45) is 2.45. The molecule has 0 spiro atoms. The number of aromatic hydroxyl groups is 1. The number of rotatable bonds is 5. The van der Waals surface area contributed by atoms with Crippen molar-refractivity contribution >= 4 is 34.2 Å². The number of fused-ring (bicyclic) bond motifs is 5. The van der Waals surface area contributed by atoms with Crippen molar-refractivity contribution in [1.29, 1.82) is 0 Å². The number of methoxy groups -OCH3 is 1. The molecule has 3 aromatic heterocycles. The van der Waals surface area contributed by atoms with Crippen LogP contribution in [-0.2, 0) is 9.59 Å². The molecule has 6 rings (SSSR count). The molecular weight excluding hydrogens is 600 g/mol. The molecule has 2 aliphatic rings. The van der Waals surface area contributed by atoms with E-state index in [0.717, 1.165) is 16.7 Å². The predicted molar refractivity (Wildman–Crippen MR) is 167 cm³/mol. The Balaban J connectivity index is 1.77. The maximum Gasteiger partial charge on any atom is 0.283 e. The summed E-state index contributed by atoms with van der Waals surface area (Å²) in [6.45, 7) is 9.17. The van der Waals surface area contributed by atoms with Crippen LogP contribution in [0.1, 0.15) is 32.4 Å². The average molecular weight is 632 g/mol. The second kappa shape index (κ2) is 11.2. The third kappa shape index (κ3) is 4.46. The van der Waals surface area contributed by atoms with Gasteiger partial charge in [-0.1, -0.05) is 26.5 Å². The molecule has 1 saturated heterocycles. The Morgan fingerprint density at radius 2 is 1.87 bits per heavy atom. The van der Waals surface area contributed by atoms with E-state index >= 15 is 8.78 Å². The van der Waals surface area contributed by atoms with Gasteiger partial charge in [0.25, 0.3) is 11.5 Å². The van der Waals surface area contributed by atoms with Crippen LogP contribution in [0.5, 0.6) is 11.6 Å². The second-order valence-electron chi connectivity index (χ2n) is 11.5. The first-order valence-electron chi connectivity index (χ1n) is 14.5. The van der Waals surface area contributed by atoms with Gasteiger partial charge in [-0.3, -0.25) is 19.0 Å². The van der Waals surface area contributed by atoms with Gasteiger partial charge in [0.1, 0.15) is 41.0 Å². The Morgan fingerprint density at radius 3 is 2.52 bits per heavy atom. The first kappa shape index (κ1) is 30.6. The molecule has 46 heavy (non-hydrogen) atoms. The molecule has 0 saturated carbocycles. The van der Waals surface area contributed by atoms with E-state index in [0.29, 0.717) is 5.69 Å². The lowest BCUT2D eigenvalue weighted by atomic mass is 9.98. The van der Waals surface area contributed by atoms with E-state index < -0.39 is 52.2 Å². The summed E-state index contributed by atoms with van der Waals surface area (Å²) in [6, 6.07) is 3.32. The number of likely N-dealkylation sites (N-methyl/N-ethyl adjacent to an activating group) is 1. The lowest BCUT2D eigenvalue weighted by molar-refractivity contribution is -0.130. The van der Waals surface area contributed by atoms with Gasteiger partial charge in [0.15, 0.2) is 11.5 Å². The van der Waals surface area contributed by atoms with Crippen LogP contribution >= 0.6 is 0 Å². The highest BCUT2D eigenvalue weighted by molar-refractivity contribution is 6.12. The van der Waals surface area contributed by atoms with E-state index in [9.17, 15) is 19.5 Å². The molecule has 14 heteroatoms. The highest BCUT2D eigenvalue weighted by Gasteiger charge is 2.46. The van der Waals surface area contributed by atoms with Crippen LogP contribution in [0.15, 0.2) is 48.0 Å². The van der Waals surface area contributed by atoms with Crippen molar-refractivity contribution in [3.8, 4) is 28.6 Å². The van der Waals surface area contributed by atoms with Crippen molar-refractivity contribution in [2.45, 2.75) is 38.8 Å². The van der Waals surface area contributed by atoms with Crippen LogP contribution < -0.4 is 20.1 Å². The van der Waals surface area contributed by atoms with Gasteiger partial charge in [-0.15, -0.1) is 0 Å². The number of nitrogens with zero attached hydrogens (tertiary/aromatic N) is 7. The van der Waals surface area contributed by atoms with Gasteiger partial charge in [0, 0.05) is 25.0 Å². The van der Waals surface area contributed by atoms with Gasteiger partial charge in [0.2, 0.25) is 11.8 Å². The standard InChI is InChI=1S/C32H31F2N7O5/c1-7-22(43)39-13-20-31(44)38(5)28-26(40(20)12-16(39)4)17-11-19(34)25(23-18(33)9-8-10-21(23)42)37-29(17)41(32(28)45)27-24(15(2)3)35-14-36-30(27)46-6/h7-11,14-16,20,42H,1,12-13H2,2-6H3/t16-,20?/m1/s1. The minimum Gasteiger partial charge on any atom is -0.507 e. The third-order valence-electron chi connectivity index (χ3n) is 8.50. The van der Waals surface area contributed by atoms with Crippen molar-refractivity contribution in [3.63, 3.8) is 0 Å². The number of carbonyl (C=O) groups is 2. The summed E-state index contributed by atoms with van der Waals surface area (Å²) in [5.41, 5.74) is -1.20. The van der Waals surface area contributed by atoms with E-state index in [4.69, 9.17) is 4.74 Å². The van der Waals surface area contributed by atoms with Gasteiger partial charge < -0.3 is 24.5 Å². The second-order valence-corrected chi connectivity index (χ2v) is 11.5. The summed E-state index contributed by atoms with van der Waals surface area (Å²) < 4.78 is 38.0. The number of halogens is 2. The Hall–Kier alpha value is -5.40. The molecule has 1 unspecified atom stereocenters. The lowest BCUT2D eigenvalue weighted by Crippen LogP contribution is -2.66. The summed E-state index contributed by atoms with van der Waals surface area (Å²) in [5.74, 6) is -3.52. The fourth-order valence-electron chi connectivity index (χ4n) is 6.33. The molecule has 1 fully saturated rings. The summed E-state index contributed by atoms with van der Waals surface area (Å²) in [5, 5.41) is 10.7. The highest BCUT2D eigenvalue weighted by Crippen LogP contribution is 2.44. The van der Waals surface area contributed by atoms with E-state index in [1.54, 1.807) is 11.8 Å². The fourth-order valence-corrected chi connectivity index (χ4v) is 6.33. The Bertz CT molecular complexity index is 1990. The number of phenolic OH excluding ortho intramolecular Hbond substituents is 1. The van der Waals surface area contributed by atoms with Crippen LogP contribution in [0.2, 0.25) is 0 Å². The number of carbonyl (C=O) groups excluding carboxylic acids is 2. The van der Waals surface area contributed by atoms with Crippen molar-refractivity contribution in [2.24, 2.45) is 0 Å². The highest BCUT2D eigenvalue weighted by atomic mass is 19.1. The van der Waals surface area contributed by atoms with Crippen LogP contribution in [0.25, 0.3) is 28.0 Å². The van der Waals surface area contributed by atoms with Crippen LogP contribution in [0.3, 0.4) is 0 Å². The number of anilines is 2. The number of ether oxygens (including phenoxy) is 1. The molecule has 5 heterocycles. The quantitative estimate of drug-likeness (QED) is 0.329. The molecule has 0 aliphatic carbocycles. The van der Waals surface area contributed by atoms with Crippen molar-refractivity contribution < 1.29 is 28.2 Å². The molecule has 12 nitrogen and oxygen atoms in total. The minimum atomic E-state index is -0.981. The fraction of sp³-hybridized carbons (Fsp3) is 0.312. The SMILES string of the molecule is C=CC(=O)N1CC2C(=O)N(C)c3c(c4cc(F)c(-c5c(O)cccc5F)nc4n(-c4c(OC)ncnc4C(C)C)c3=O)N2C[C@H]1C. The number of hydrogen-bond acceptors (Lipinski definition) is 9. The van der Waals surface area contributed by atoms with Gasteiger partial charge >= 0.3 is 0 Å². The first-order valence-corrected chi connectivity index (χ1v) is 14.5. The number of pyridine rings is 2. The van der Waals surface area contributed by atoms with Crippen LogP contribution in [0.4, 0.5) is 20.2 Å². The Kier molecular flexibility index (Phi) is 7.45. The minimum absolute atomic E-state index is 0.00580. The summed E-state index contributed by atoms with van der Waals surface area (Å²) in [4.78, 5) is 58.8. The molecule has 2 amide bonds. The third-order valence-corrected chi connectivity index (χ3v) is 8.50. The number of piperazine rings is 1. The maximum atomic E-state index is 16.2. The number of benzene rings is 1. The van der Waals surface area contributed by atoms with E-state index in [-0.39, 0.29) is 58.9 Å². The maximum absolute atomic E-state index is 16.2. The number of amides is 2. The Morgan fingerprint density at radius 1 is 1.13 bits per heavy atom. The normalized spacial score (nSPS) is 17.7. The molecular formula is C32H31F2N7O5. The van der Waals surface area contributed by atoms with Gasteiger partial charge in [0.05, 0.1) is 30.6 Å². The smallest absolute Gasteiger partial charge is 0.283 e. The van der Waals surface area contributed by atoms with E-state index in [1.165, 1.54) is 48.5 Å². The van der Waals surface area contributed by atoms with Crippen LogP contribution in [0, 0.1) is 11.6 Å². The molecule has 1 N–H and O–H groups in total. The molecule has 2 atom stereocenters. The zero-order valence-corrected chi connectivity index (χ0v) is 25.8. The van der Waals surface area contributed by atoms with Gasteiger partial charge in [-0.25, -0.2) is 18.7 Å². The topological polar surface area (TPSA) is 134 Å². The van der Waals surface area contributed by atoms with Crippen LogP contribution in [-0.4, -0.2) is 80.7 Å². The van der Waals surface area contributed by atoms with Crippen molar-refractivity contribution in [1.82, 2.24) is 24.4 Å². The summed E-state index contributed by atoms with van der Waals surface area (Å²) in [7, 11) is 2.80. The first-order chi connectivity index (χ1) is 21.9. The lowest BCUT2D eigenvalue weighted by Gasteiger charge is -2.49. The summed E-state index contributed by atoms with van der Waals surface area (Å²) >= 11 is 0. The molecule has 1 aromatic carbocycles. The largest absolute Gasteiger partial charge is 0.507 e. The van der Waals surface area contributed by atoms with Gasteiger partial charge in [-0.2, -0.15) is 4.98 Å². The van der Waals surface area contributed by atoms with Crippen molar-refractivity contribution in [2.75, 3.05) is 37.0 Å². The predicted octanol–water partition coefficient (Wildman–Crippen LogP) is 3.53. The molecule has 0 radical (unpaired) electrons. The number of phenols is 1. The molecule has 0 bridgehead atoms. The van der Waals surface area contributed by atoms with E-state index in [2.05, 4.69) is 21.5 Å². The number of hydrogen-bond donors (Lipinski definition) is 1. The molecule has 4 aromatic rings. The monoisotopic (exact) mass is 631 g/mol. The number of aromatic nitrogens is 4. The molecule has 2 aliphatic heterocycles. The molecule has 238 valence electrons. The zero-order valence-electron chi connectivity index (χ0n) is 25.8. The Labute approximate surface area is 262 Å². The average Bonchev–Trinajstić information content (AvgIpc) is 3.02. The van der Waals surface area contributed by atoms with E-state index in [1.807, 2.05) is 13.8 Å².